The SMILES string of the molecule is CNCc1ccc(-c2nc(Nc3ccc4[nH]ncc4c3Cl)n(C)n2)cc1OC. The summed E-state index contributed by atoms with van der Waals surface area (Å²) in [7, 11) is 5.39. The van der Waals surface area contributed by atoms with Crippen molar-refractivity contribution in [2.75, 3.05) is 19.5 Å². The molecule has 0 aliphatic carbocycles. The van der Waals surface area contributed by atoms with E-state index in [-0.39, 0.29) is 0 Å². The molecular formula is C19H20ClN7O. The topological polar surface area (TPSA) is 92.7 Å². The Balaban J connectivity index is 1.66. The van der Waals surface area contributed by atoms with Gasteiger partial charge in [0, 0.05) is 30.1 Å². The van der Waals surface area contributed by atoms with Gasteiger partial charge in [0.1, 0.15) is 5.75 Å². The Labute approximate surface area is 166 Å². The number of rotatable bonds is 6. The lowest BCUT2D eigenvalue weighted by Crippen LogP contribution is -2.06. The Kier molecular flexibility index (Phi) is 4.89. The van der Waals surface area contributed by atoms with Crippen LogP contribution in [0.15, 0.2) is 36.5 Å². The molecule has 2 aromatic heterocycles. The molecule has 0 fully saturated rings. The van der Waals surface area contributed by atoms with Crippen LogP contribution in [0.3, 0.4) is 0 Å². The van der Waals surface area contributed by atoms with Crippen molar-refractivity contribution in [3.63, 3.8) is 0 Å². The number of halogens is 1. The average molecular weight is 398 g/mol. The van der Waals surface area contributed by atoms with Gasteiger partial charge in [0.15, 0.2) is 5.82 Å². The van der Waals surface area contributed by atoms with E-state index < -0.39 is 0 Å². The highest BCUT2D eigenvalue weighted by molar-refractivity contribution is 6.38. The van der Waals surface area contributed by atoms with E-state index in [1.165, 1.54) is 0 Å². The molecule has 0 spiro atoms. The highest BCUT2D eigenvalue weighted by Gasteiger charge is 2.14. The molecule has 8 nitrogen and oxygen atoms in total. The molecular weight excluding hydrogens is 378 g/mol. The first-order valence-electron chi connectivity index (χ1n) is 8.72. The predicted molar refractivity (Wildman–Crippen MR) is 110 cm³/mol. The number of aryl methyl sites for hydroxylation is 1. The van der Waals surface area contributed by atoms with Crippen LogP contribution in [0.25, 0.3) is 22.3 Å². The summed E-state index contributed by atoms with van der Waals surface area (Å²) in [6, 6.07) is 9.74. The smallest absolute Gasteiger partial charge is 0.225 e. The number of H-pyrrole nitrogens is 1. The van der Waals surface area contributed by atoms with E-state index in [2.05, 4.69) is 30.9 Å². The second-order valence-electron chi connectivity index (χ2n) is 6.32. The van der Waals surface area contributed by atoms with Crippen molar-refractivity contribution in [3.8, 4) is 17.1 Å². The van der Waals surface area contributed by atoms with Gasteiger partial charge in [-0.1, -0.05) is 23.7 Å². The molecule has 4 rings (SSSR count). The third kappa shape index (κ3) is 3.28. The molecule has 0 unspecified atom stereocenters. The Hall–Kier alpha value is -3.10. The first-order chi connectivity index (χ1) is 13.6. The van der Waals surface area contributed by atoms with Crippen molar-refractivity contribution in [2.24, 2.45) is 7.05 Å². The summed E-state index contributed by atoms with van der Waals surface area (Å²) in [6.45, 7) is 0.723. The van der Waals surface area contributed by atoms with Gasteiger partial charge in [-0.05, 0) is 25.2 Å². The highest BCUT2D eigenvalue weighted by Crippen LogP contribution is 2.32. The second kappa shape index (κ2) is 7.49. The fraction of sp³-hybridized carbons (Fsp3) is 0.211. The quantitative estimate of drug-likeness (QED) is 0.461. The molecule has 0 aliphatic heterocycles. The number of nitrogens with zero attached hydrogens (tertiary/aromatic N) is 4. The summed E-state index contributed by atoms with van der Waals surface area (Å²) in [6.07, 6.45) is 1.70. The maximum Gasteiger partial charge on any atom is 0.225 e. The molecule has 0 aliphatic rings. The Morgan fingerprint density at radius 1 is 1.25 bits per heavy atom. The van der Waals surface area contributed by atoms with Crippen LogP contribution in [0.5, 0.6) is 5.75 Å². The maximum atomic E-state index is 6.49. The van der Waals surface area contributed by atoms with Crippen LogP contribution in [-0.4, -0.2) is 39.1 Å². The number of methoxy groups -OCH3 is 1. The lowest BCUT2D eigenvalue weighted by Gasteiger charge is -2.09. The molecule has 2 aromatic carbocycles. The van der Waals surface area contributed by atoms with Crippen LogP contribution in [0.1, 0.15) is 5.56 Å². The molecule has 0 bridgehead atoms. The van der Waals surface area contributed by atoms with Crippen LogP contribution in [-0.2, 0) is 13.6 Å². The minimum absolute atomic E-state index is 0.578. The Bertz CT molecular complexity index is 1130. The number of fused-ring (bicyclic) bond motifs is 1. The summed E-state index contributed by atoms with van der Waals surface area (Å²) in [4.78, 5) is 4.62. The average Bonchev–Trinajstić information content (AvgIpc) is 3.32. The standard InChI is InChI=1S/C19H20ClN7O/c1-21-9-12-5-4-11(8-16(12)28-3)18-24-19(27(2)26-18)23-15-7-6-14-13(17(15)20)10-22-25-14/h4-8,10,21H,9H2,1-3H3,(H,22,25)(H,23,24,26). The summed E-state index contributed by atoms with van der Waals surface area (Å²) < 4.78 is 7.18. The largest absolute Gasteiger partial charge is 0.496 e. The van der Waals surface area contributed by atoms with Gasteiger partial charge in [0.25, 0.3) is 0 Å². The number of aromatic nitrogens is 5. The molecule has 0 amide bonds. The fourth-order valence-electron chi connectivity index (χ4n) is 3.04. The van der Waals surface area contributed by atoms with Crippen LogP contribution in [0.4, 0.5) is 11.6 Å². The van der Waals surface area contributed by atoms with Gasteiger partial charge in [-0.25, -0.2) is 4.68 Å². The molecule has 0 atom stereocenters. The number of hydrogen-bond donors (Lipinski definition) is 3. The van der Waals surface area contributed by atoms with Crippen molar-refractivity contribution in [1.29, 1.82) is 0 Å². The fourth-order valence-corrected chi connectivity index (χ4v) is 3.30. The van der Waals surface area contributed by atoms with Crippen molar-refractivity contribution in [2.45, 2.75) is 6.54 Å². The lowest BCUT2D eigenvalue weighted by atomic mass is 10.1. The summed E-state index contributed by atoms with van der Waals surface area (Å²) in [5, 5.41) is 19.2. The summed E-state index contributed by atoms with van der Waals surface area (Å²) in [5.41, 5.74) is 3.56. The Morgan fingerprint density at radius 3 is 2.89 bits per heavy atom. The molecule has 28 heavy (non-hydrogen) atoms. The third-order valence-electron chi connectivity index (χ3n) is 4.48. The van der Waals surface area contributed by atoms with E-state index in [1.54, 1.807) is 18.0 Å². The van der Waals surface area contributed by atoms with E-state index in [4.69, 9.17) is 16.3 Å². The number of ether oxygens (including phenoxy) is 1. The van der Waals surface area contributed by atoms with Crippen LogP contribution >= 0.6 is 11.6 Å². The number of aromatic amines is 1. The van der Waals surface area contributed by atoms with Crippen molar-refractivity contribution in [3.05, 3.63) is 47.1 Å². The maximum absolute atomic E-state index is 6.49. The zero-order chi connectivity index (χ0) is 19.7. The highest BCUT2D eigenvalue weighted by atomic mass is 35.5. The van der Waals surface area contributed by atoms with Gasteiger partial charge in [-0.15, -0.1) is 5.10 Å². The monoisotopic (exact) mass is 397 g/mol. The van der Waals surface area contributed by atoms with E-state index in [0.717, 1.165) is 40.0 Å². The molecule has 2 heterocycles. The van der Waals surface area contributed by atoms with E-state index in [9.17, 15) is 0 Å². The zero-order valence-corrected chi connectivity index (χ0v) is 16.5. The number of hydrogen-bond acceptors (Lipinski definition) is 6. The minimum Gasteiger partial charge on any atom is -0.496 e. The molecule has 9 heteroatoms. The second-order valence-corrected chi connectivity index (χ2v) is 6.70. The van der Waals surface area contributed by atoms with Crippen LogP contribution < -0.4 is 15.4 Å². The molecule has 0 saturated carbocycles. The van der Waals surface area contributed by atoms with Crippen LogP contribution in [0.2, 0.25) is 5.02 Å². The minimum atomic E-state index is 0.578. The Morgan fingerprint density at radius 2 is 2.11 bits per heavy atom. The van der Waals surface area contributed by atoms with Gasteiger partial charge in [-0.3, -0.25) is 5.10 Å². The first-order valence-corrected chi connectivity index (χ1v) is 9.10. The zero-order valence-electron chi connectivity index (χ0n) is 15.7. The van der Waals surface area contributed by atoms with Crippen molar-refractivity contribution < 1.29 is 4.74 Å². The predicted octanol–water partition coefficient (Wildman–Crippen LogP) is 3.48. The molecule has 4 aromatic rings. The van der Waals surface area contributed by atoms with Crippen molar-refractivity contribution in [1.82, 2.24) is 30.3 Å². The molecule has 0 radical (unpaired) electrons. The summed E-state index contributed by atoms with van der Waals surface area (Å²) in [5.74, 6) is 1.97. The van der Waals surface area contributed by atoms with Gasteiger partial charge >= 0.3 is 0 Å². The van der Waals surface area contributed by atoms with Gasteiger partial charge in [0.2, 0.25) is 5.95 Å². The van der Waals surface area contributed by atoms with Gasteiger partial charge in [0.05, 0.1) is 29.5 Å². The number of anilines is 2. The first kappa shape index (κ1) is 18.3. The van der Waals surface area contributed by atoms with Crippen LogP contribution in [0, 0.1) is 0 Å². The van der Waals surface area contributed by atoms with E-state index in [1.807, 2.05) is 44.4 Å². The lowest BCUT2D eigenvalue weighted by molar-refractivity contribution is 0.408. The normalized spacial score (nSPS) is 11.1. The van der Waals surface area contributed by atoms with Gasteiger partial charge < -0.3 is 15.4 Å². The van der Waals surface area contributed by atoms with E-state index >= 15 is 0 Å². The molecule has 3 N–H and O–H groups in total. The number of nitrogens with one attached hydrogen (secondary N) is 3. The third-order valence-corrected chi connectivity index (χ3v) is 4.89. The number of benzene rings is 2. The summed E-state index contributed by atoms with van der Waals surface area (Å²) >= 11 is 6.49. The molecule has 144 valence electrons. The van der Waals surface area contributed by atoms with Gasteiger partial charge in [-0.2, -0.15) is 10.1 Å². The van der Waals surface area contributed by atoms with Crippen molar-refractivity contribution >= 4 is 34.1 Å². The van der Waals surface area contributed by atoms with E-state index in [0.29, 0.717) is 16.8 Å². The molecule has 0 saturated heterocycles.